The summed E-state index contributed by atoms with van der Waals surface area (Å²) in [6.07, 6.45) is -3.06. The first-order chi connectivity index (χ1) is 8.82. The van der Waals surface area contributed by atoms with Gasteiger partial charge in [0.1, 0.15) is 0 Å². The normalized spacial score (nSPS) is 11.2. The van der Waals surface area contributed by atoms with Crippen molar-refractivity contribution >= 4 is 11.9 Å². The second kappa shape index (κ2) is 8.77. The number of amides is 1. The van der Waals surface area contributed by atoms with E-state index in [2.05, 4.69) is 4.74 Å². The Balaban J connectivity index is 4.41. The predicted molar refractivity (Wildman–Crippen MR) is 63.4 cm³/mol. The molecule has 0 N–H and O–H groups in total. The molecule has 0 aliphatic rings. The van der Waals surface area contributed by atoms with Crippen molar-refractivity contribution in [3.8, 4) is 0 Å². The van der Waals surface area contributed by atoms with E-state index in [1.54, 1.807) is 6.92 Å². The van der Waals surface area contributed by atoms with E-state index < -0.39 is 18.1 Å². The van der Waals surface area contributed by atoms with Crippen LogP contribution >= 0.6 is 0 Å². The highest BCUT2D eigenvalue weighted by molar-refractivity contribution is 5.82. The molecule has 0 radical (unpaired) electrons. The van der Waals surface area contributed by atoms with Crippen molar-refractivity contribution in [1.82, 2.24) is 4.90 Å². The molecule has 0 atom stereocenters. The van der Waals surface area contributed by atoms with Crippen LogP contribution in [0.15, 0.2) is 0 Å². The summed E-state index contributed by atoms with van der Waals surface area (Å²) in [6.45, 7) is 3.43. The van der Waals surface area contributed by atoms with Crippen molar-refractivity contribution in [2.75, 3.05) is 19.7 Å². The van der Waals surface area contributed by atoms with Crippen molar-refractivity contribution in [1.29, 1.82) is 0 Å². The number of hydrogen-bond donors (Lipinski definition) is 0. The molecule has 0 spiro atoms. The van der Waals surface area contributed by atoms with Gasteiger partial charge in [-0.15, -0.1) is 0 Å². The highest BCUT2D eigenvalue weighted by atomic mass is 19.4. The van der Waals surface area contributed by atoms with Crippen molar-refractivity contribution < 1.29 is 27.5 Å². The summed E-state index contributed by atoms with van der Waals surface area (Å²) in [5.41, 5.74) is 0. The molecule has 0 saturated heterocycles. The molecule has 0 aliphatic heterocycles. The Morgan fingerprint density at radius 2 is 1.74 bits per heavy atom. The Morgan fingerprint density at radius 3 is 2.21 bits per heavy atom. The smallest absolute Gasteiger partial charge is 0.466 e. The Bertz CT molecular complexity index is 292. The van der Waals surface area contributed by atoms with Gasteiger partial charge < -0.3 is 9.64 Å². The lowest BCUT2D eigenvalue weighted by molar-refractivity contribution is -0.185. The lowest BCUT2D eigenvalue weighted by atomic mass is 10.2. The highest BCUT2D eigenvalue weighted by Gasteiger charge is 2.42. The van der Waals surface area contributed by atoms with Gasteiger partial charge >= 0.3 is 18.1 Å². The number of rotatable bonds is 8. The number of carbonyl (C=O) groups excluding carboxylic acids is 2. The fourth-order valence-corrected chi connectivity index (χ4v) is 1.51. The third-order valence-electron chi connectivity index (χ3n) is 2.45. The van der Waals surface area contributed by atoms with Crippen LogP contribution in [0, 0.1) is 0 Å². The number of alkyl halides is 3. The van der Waals surface area contributed by atoms with Gasteiger partial charge in [0.05, 0.1) is 13.0 Å². The maximum absolute atomic E-state index is 12.4. The van der Waals surface area contributed by atoms with Crippen LogP contribution in [-0.4, -0.2) is 42.6 Å². The predicted octanol–water partition coefficient (Wildman–Crippen LogP) is 2.52. The molecule has 0 aromatic rings. The summed E-state index contributed by atoms with van der Waals surface area (Å²) < 4.78 is 41.7. The SMILES string of the molecule is CCCCCN(CCC(=O)OCC)C(=O)C(F)(F)F. The molecular weight excluding hydrogens is 263 g/mol. The molecule has 0 unspecified atom stereocenters. The largest absolute Gasteiger partial charge is 0.471 e. The minimum atomic E-state index is -4.90. The van der Waals surface area contributed by atoms with Crippen LogP contribution < -0.4 is 0 Å². The molecule has 0 aromatic heterocycles. The van der Waals surface area contributed by atoms with Crippen LogP contribution in [0.5, 0.6) is 0 Å². The number of esters is 1. The van der Waals surface area contributed by atoms with Crippen molar-refractivity contribution in [3.05, 3.63) is 0 Å². The fraction of sp³-hybridized carbons (Fsp3) is 0.833. The lowest BCUT2D eigenvalue weighted by Gasteiger charge is -2.23. The zero-order valence-electron chi connectivity index (χ0n) is 11.3. The molecule has 19 heavy (non-hydrogen) atoms. The van der Waals surface area contributed by atoms with E-state index in [4.69, 9.17) is 0 Å². The molecule has 0 fully saturated rings. The Labute approximate surface area is 110 Å². The minimum Gasteiger partial charge on any atom is -0.466 e. The number of carbonyl (C=O) groups is 2. The van der Waals surface area contributed by atoms with E-state index in [0.717, 1.165) is 12.8 Å². The van der Waals surface area contributed by atoms with Gasteiger partial charge in [0, 0.05) is 13.1 Å². The number of nitrogens with zero attached hydrogens (tertiary/aromatic N) is 1. The Hall–Kier alpha value is -1.27. The van der Waals surface area contributed by atoms with E-state index in [9.17, 15) is 22.8 Å². The number of hydrogen-bond acceptors (Lipinski definition) is 3. The van der Waals surface area contributed by atoms with Crippen LogP contribution in [0.3, 0.4) is 0 Å². The van der Waals surface area contributed by atoms with E-state index in [-0.39, 0.29) is 26.1 Å². The monoisotopic (exact) mass is 283 g/mol. The number of ether oxygens (including phenoxy) is 1. The zero-order valence-corrected chi connectivity index (χ0v) is 11.3. The highest BCUT2D eigenvalue weighted by Crippen LogP contribution is 2.19. The molecule has 1 amide bonds. The topological polar surface area (TPSA) is 46.6 Å². The molecule has 0 rings (SSSR count). The quantitative estimate of drug-likeness (QED) is 0.508. The van der Waals surface area contributed by atoms with Gasteiger partial charge in [0.25, 0.3) is 0 Å². The van der Waals surface area contributed by atoms with Crippen LogP contribution in [0.1, 0.15) is 39.5 Å². The zero-order chi connectivity index (χ0) is 14.9. The van der Waals surface area contributed by atoms with Crippen molar-refractivity contribution in [3.63, 3.8) is 0 Å². The molecule has 7 heteroatoms. The summed E-state index contributed by atoms with van der Waals surface area (Å²) in [7, 11) is 0. The second-order valence-corrected chi connectivity index (χ2v) is 4.05. The molecule has 0 heterocycles. The second-order valence-electron chi connectivity index (χ2n) is 4.05. The first kappa shape index (κ1) is 17.7. The fourth-order valence-electron chi connectivity index (χ4n) is 1.51. The van der Waals surface area contributed by atoms with Gasteiger partial charge in [-0.1, -0.05) is 19.8 Å². The summed E-state index contributed by atoms with van der Waals surface area (Å²) in [5, 5.41) is 0. The summed E-state index contributed by atoms with van der Waals surface area (Å²) in [6, 6.07) is 0. The average molecular weight is 283 g/mol. The van der Waals surface area contributed by atoms with Gasteiger partial charge in [0.2, 0.25) is 0 Å². The summed E-state index contributed by atoms with van der Waals surface area (Å²) in [4.78, 5) is 23.0. The van der Waals surface area contributed by atoms with Gasteiger partial charge in [-0.3, -0.25) is 9.59 Å². The maximum atomic E-state index is 12.4. The van der Waals surface area contributed by atoms with Crippen LogP contribution in [0.4, 0.5) is 13.2 Å². The molecule has 0 saturated carbocycles. The van der Waals surface area contributed by atoms with Gasteiger partial charge in [-0.05, 0) is 13.3 Å². The first-order valence-corrected chi connectivity index (χ1v) is 6.34. The average Bonchev–Trinajstić information content (AvgIpc) is 2.32. The molecule has 0 aliphatic carbocycles. The molecule has 4 nitrogen and oxygen atoms in total. The molecular formula is C12H20F3NO3. The van der Waals surface area contributed by atoms with Crippen LogP contribution in [0.2, 0.25) is 0 Å². The van der Waals surface area contributed by atoms with E-state index >= 15 is 0 Å². The van der Waals surface area contributed by atoms with E-state index in [1.807, 2.05) is 6.92 Å². The maximum Gasteiger partial charge on any atom is 0.471 e. The van der Waals surface area contributed by atoms with Gasteiger partial charge in [-0.2, -0.15) is 13.2 Å². The Morgan fingerprint density at radius 1 is 1.11 bits per heavy atom. The van der Waals surface area contributed by atoms with E-state index in [0.29, 0.717) is 11.3 Å². The lowest BCUT2D eigenvalue weighted by Crippen LogP contribution is -2.42. The minimum absolute atomic E-state index is 0.00554. The molecule has 0 bridgehead atoms. The summed E-state index contributed by atoms with van der Waals surface area (Å²) in [5.74, 6) is -2.49. The van der Waals surface area contributed by atoms with Gasteiger partial charge in [0.15, 0.2) is 0 Å². The Kier molecular flexibility index (Phi) is 8.18. The molecule has 0 aromatic carbocycles. The third-order valence-corrected chi connectivity index (χ3v) is 2.45. The van der Waals surface area contributed by atoms with Crippen LogP contribution in [0.25, 0.3) is 0 Å². The van der Waals surface area contributed by atoms with Crippen LogP contribution in [-0.2, 0) is 14.3 Å². The number of unbranched alkanes of at least 4 members (excludes halogenated alkanes) is 2. The summed E-state index contributed by atoms with van der Waals surface area (Å²) >= 11 is 0. The van der Waals surface area contributed by atoms with Crippen molar-refractivity contribution in [2.45, 2.75) is 45.7 Å². The third kappa shape index (κ3) is 7.69. The molecule has 112 valence electrons. The van der Waals surface area contributed by atoms with E-state index in [1.165, 1.54) is 0 Å². The van der Waals surface area contributed by atoms with Crippen molar-refractivity contribution in [2.24, 2.45) is 0 Å². The number of halogens is 3. The van der Waals surface area contributed by atoms with Gasteiger partial charge in [-0.25, -0.2) is 0 Å². The first-order valence-electron chi connectivity index (χ1n) is 6.34. The standard InChI is InChI=1S/C12H20F3NO3/c1-3-5-6-8-16(11(18)12(13,14)15)9-7-10(17)19-4-2/h3-9H2,1-2H3.